The molecule has 1 heterocycles. The fourth-order valence-corrected chi connectivity index (χ4v) is 2.09. The Hall–Kier alpha value is -1.20. The quantitative estimate of drug-likeness (QED) is 0.803. The third-order valence-electron chi connectivity index (χ3n) is 2.86. The zero-order valence-electron chi connectivity index (χ0n) is 9.44. The van der Waals surface area contributed by atoms with Gasteiger partial charge >= 0.3 is 0 Å². The zero-order chi connectivity index (χ0) is 12.6. The van der Waals surface area contributed by atoms with Gasteiger partial charge in [-0.1, -0.05) is 15.9 Å². The second-order valence-electron chi connectivity index (χ2n) is 4.15. The summed E-state index contributed by atoms with van der Waals surface area (Å²) >= 11 is 3.38. The highest BCUT2D eigenvalue weighted by Crippen LogP contribution is 2.26. The van der Waals surface area contributed by atoms with E-state index in [4.69, 9.17) is 5.73 Å². The number of rotatable bonds is 1. The van der Waals surface area contributed by atoms with E-state index in [1.807, 2.05) is 13.0 Å². The van der Waals surface area contributed by atoms with Crippen molar-refractivity contribution in [3.8, 4) is 0 Å². The molecule has 0 saturated carbocycles. The van der Waals surface area contributed by atoms with Crippen LogP contribution in [0.1, 0.15) is 18.4 Å². The van der Waals surface area contributed by atoms with Crippen LogP contribution in [0.5, 0.6) is 0 Å². The van der Waals surface area contributed by atoms with Crippen LogP contribution < -0.4 is 10.6 Å². The maximum Gasteiger partial charge on any atom is 0.250 e. The summed E-state index contributed by atoms with van der Waals surface area (Å²) in [5.41, 5.74) is 7.25. The van der Waals surface area contributed by atoms with Crippen LogP contribution in [-0.4, -0.2) is 17.9 Å². The number of benzene rings is 1. The molecule has 1 saturated heterocycles. The monoisotopic (exact) mass is 296 g/mol. The number of amides is 2. The molecule has 4 nitrogen and oxygen atoms in total. The Bertz CT molecular complexity index is 487. The first kappa shape index (κ1) is 12.3. The van der Waals surface area contributed by atoms with Crippen molar-refractivity contribution < 1.29 is 9.59 Å². The smallest absolute Gasteiger partial charge is 0.250 e. The van der Waals surface area contributed by atoms with E-state index >= 15 is 0 Å². The first-order valence-corrected chi connectivity index (χ1v) is 6.18. The van der Waals surface area contributed by atoms with Gasteiger partial charge in [-0.25, -0.2) is 4.90 Å². The van der Waals surface area contributed by atoms with E-state index in [0.717, 1.165) is 10.0 Å². The maximum absolute atomic E-state index is 11.9. The summed E-state index contributed by atoms with van der Waals surface area (Å²) in [6.45, 7) is 1.91. The minimum Gasteiger partial charge on any atom is -0.320 e. The van der Waals surface area contributed by atoms with Crippen molar-refractivity contribution in [1.29, 1.82) is 0 Å². The van der Waals surface area contributed by atoms with Gasteiger partial charge in [0, 0.05) is 10.9 Å². The van der Waals surface area contributed by atoms with Crippen LogP contribution in [0, 0.1) is 6.92 Å². The third-order valence-corrected chi connectivity index (χ3v) is 3.75. The molecule has 0 aromatic heterocycles. The lowest BCUT2D eigenvalue weighted by Crippen LogP contribution is -2.51. The SMILES string of the molecule is Cc1cc(N2C(=O)CCC(N)C2=O)ccc1Br. The molecule has 0 bridgehead atoms. The summed E-state index contributed by atoms with van der Waals surface area (Å²) in [5.74, 6) is -0.499. The molecule has 17 heavy (non-hydrogen) atoms. The van der Waals surface area contributed by atoms with E-state index in [1.54, 1.807) is 12.1 Å². The Morgan fingerprint density at radius 1 is 1.41 bits per heavy atom. The van der Waals surface area contributed by atoms with Gasteiger partial charge in [-0.3, -0.25) is 9.59 Å². The first-order valence-electron chi connectivity index (χ1n) is 5.39. The van der Waals surface area contributed by atoms with Crippen molar-refractivity contribution in [3.05, 3.63) is 28.2 Å². The van der Waals surface area contributed by atoms with Gasteiger partial charge in [0.1, 0.15) is 0 Å². The molecule has 0 spiro atoms. The Morgan fingerprint density at radius 3 is 2.76 bits per heavy atom. The largest absolute Gasteiger partial charge is 0.320 e. The standard InChI is InChI=1S/C12H13BrN2O2/c1-7-6-8(2-3-9(7)13)15-11(16)5-4-10(14)12(15)17/h2-3,6,10H,4-5,14H2,1H3. The average Bonchev–Trinajstić information content (AvgIpc) is 2.29. The average molecular weight is 297 g/mol. The summed E-state index contributed by atoms with van der Waals surface area (Å²) in [5, 5.41) is 0. The third kappa shape index (κ3) is 2.25. The molecular formula is C12H13BrN2O2. The number of carbonyl (C=O) groups excluding carboxylic acids is 2. The number of imide groups is 1. The van der Waals surface area contributed by atoms with Gasteiger partial charge in [0.25, 0.3) is 5.91 Å². The fourth-order valence-electron chi connectivity index (χ4n) is 1.84. The van der Waals surface area contributed by atoms with E-state index in [0.29, 0.717) is 18.5 Å². The van der Waals surface area contributed by atoms with Crippen LogP contribution in [0.4, 0.5) is 5.69 Å². The molecule has 2 rings (SSSR count). The van der Waals surface area contributed by atoms with Crippen LogP contribution in [0.25, 0.3) is 0 Å². The first-order chi connectivity index (χ1) is 8.00. The van der Waals surface area contributed by atoms with Crippen LogP contribution in [-0.2, 0) is 9.59 Å². The molecule has 2 N–H and O–H groups in total. The lowest BCUT2D eigenvalue weighted by atomic mass is 10.0. The number of anilines is 1. The number of halogens is 1. The highest BCUT2D eigenvalue weighted by molar-refractivity contribution is 9.10. The predicted molar refractivity (Wildman–Crippen MR) is 68.6 cm³/mol. The topological polar surface area (TPSA) is 63.4 Å². The van der Waals surface area contributed by atoms with Gasteiger partial charge in [-0.05, 0) is 37.1 Å². The highest BCUT2D eigenvalue weighted by Gasteiger charge is 2.33. The van der Waals surface area contributed by atoms with E-state index < -0.39 is 6.04 Å². The van der Waals surface area contributed by atoms with Crippen LogP contribution in [0.2, 0.25) is 0 Å². The number of hydrogen-bond donors (Lipinski definition) is 1. The summed E-state index contributed by atoms with van der Waals surface area (Å²) in [6, 6.07) is 4.80. The summed E-state index contributed by atoms with van der Waals surface area (Å²) in [4.78, 5) is 24.9. The Labute approximate surface area is 108 Å². The Kier molecular flexibility index (Phi) is 3.31. The molecule has 1 aliphatic rings. The van der Waals surface area contributed by atoms with Crippen LogP contribution in [0.15, 0.2) is 22.7 Å². The molecule has 1 atom stereocenters. The summed E-state index contributed by atoms with van der Waals surface area (Å²) < 4.78 is 0.947. The lowest BCUT2D eigenvalue weighted by Gasteiger charge is -2.28. The Morgan fingerprint density at radius 2 is 2.12 bits per heavy atom. The van der Waals surface area contributed by atoms with E-state index in [-0.39, 0.29) is 11.8 Å². The molecular weight excluding hydrogens is 284 g/mol. The molecule has 2 amide bonds. The normalized spacial score (nSPS) is 20.9. The highest BCUT2D eigenvalue weighted by atomic mass is 79.9. The molecule has 0 radical (unpaired) electrons. The van der Waals surface area contributed by atoms with Gasteiger partial charge in [0.15, 0.2) is 0 Å². The number of hydrogen-bond acceptors (Lipinski definition) is 3. The minimum absolute atomic E-state index is 0.182. The van der Waals surface area contributed by atoms with Gasteiger partial charge in [0.05, 0.1) is 11.7 Å². The van der Waals surface area contributed by atoms with Gasteiger partial charge < -0.3 is 5.73 Å². The molecule has 5 heteroatoms. The zero-order valence-corrected chi connectivity index (χ0v) is 11.0. The second-order valence-corrected chi connectivity index (χ2v) is 5.00. The summed E-state index contributed by atoms with van der Waals surface area (Å²) in [6.07, 6.45) is 0.756. The van der Waals surface area contributed by atoms with Crippen molar-refractivity contribution in [2.24, 2.45) is 5.73 Å². The van der Waals surface area contributed by atoms with E-state index in [1.165, 1.54) is 4.90 Å². The lowest BCUT2D eigenvalue weighted by molar-refractivity contribution is -0.130. The van der Waals surface area contributed by atoms with Crippen molar-refractivity contribution in [2.75, 3.05) is 4.90 Å². The van der Waals surface area contributed by atoms with Crippen molar-refractivity contribution >= 4 is 33.4 Å². The van der Waals surface area contributed by atoms with Gasteiger partial charge in [0.2, 0.25) is 5.91 Å². The number of nitrogens with two attached hydrogens (primary N) is 1. The summed E-state index contributed by atoms with van der Waals surface area (Å²) in [7, 11) is 0. The molecule has 0 aliphatic carbocycles. The predicted octanol–water partition coefficient (Wildman–Crippen LogP) is 1.74. The Balaban J connectivity index is 2.39. The molecule has 1 fully saturated rings. The van der Waals surface area contributed by atoms with Crippen LogP contribution >= 0.6 is 15.9 Å². The van der Waals surface area contributed by atoms with Crippen molar-refractivity contribution in [2.45, 2.75) is 25.8 Å². The van der Waals surface area contributed by atoms with Gasteiger partial charge in [-0.15, -0.1) is 0 Å². The number of aryl methyl sites for hydroxylation is 1. The molecule has 90 valence electrons. The minimum atomic E-state index is -0.573. The number of piperidine rings is 1. The second kappa shape index (κ2) is 4.58. The molecule has 1 unspecified atom stereocenters. The van der Waals surface area contributed by atoms with E-state index in [9.17, 15) is 9.59 Å². The number of carbonyl (C=O) groups is 2. The van der Waals surface area contributed by atoms with Crippen molar-refractivity contribution in [1.82, 2.24) is 0 Å². The molecule has 1 aliphatic heterocycles. The van der Waals surface area contributed by atoms with Crippen molar-refractivity contribution in [3.63, 3.8) is 0 Å². The molecule has 1 aromatic carbocycles. The van der Waals surface area contributed by atoms with E-state index in [2.05, 4.69) is 15.9 Å². The van der Waals surface area contributed by atoms with Gasteiger partial charge in [-0.2, -0.15) is 0 Å². The molecule has 1 aromatic rings. The number of nitrogens with zero attached hydrogens (tertiary/aromatic N) is 1. The maximum atomic E-state index is 11.9. The van der Waals surface area contributed by atoms with Crippen LogP contribution in [0.3, 0.4) is 0 Å². The fraction of sp³-hybridized carbons (Fsp3) is 0.333.